The lowest BCUT2D eigenvalue weighted by Crippen LogP contribution is -2.32. The number of hydrogen-bond acceptors (Lipinski definition) is 3. The average Bonchev–Trinajstić information content (AvgIpc) is 2.87. The average molecular weight is 296 g/mol. The summed E-state index contributed by atoms with van der Waals surface area (Å²) in [5.41, 5.74) is 6.51. The van der Waals surface area contributed by atoms with Crippen LogP contribution in [0.4, 0.5) is 4.39 Å². The van der Waals surface area contributed by atoms with Crippen molar-refractivity contribution < 1.29 is 9.18 Å². The predicted molar refractivity (Wildman–Crippen MR) is 80.9 cm³/mol. The molecule has 2 unspecified atom stereocenters. The van der Waals surface area contributed by atoms with E-state index in [2.05, 4.69) is 5.32 Å². The molecule has 1 amide bonds. The monoisotopic (exact) mass is 296 g/mol. The molecule has 3 nitrogen and oxygen atoms in total. The minimum Gasteiger partial charge on any atom is -0.355 e. The number of carbonyl (C=O) groups is 1. The summed E-state index contributed by atoms with van der Waals surface area (Å²) in [5.74, 6) is 1.46. The van der Waals surface area contributed by atoms with Gasteiger partial charge in [-0.05, 0) is 30.9 Å². The van der Waals surface area contributed by atoms with E-state index in [0.717, 1.165) is 25.0 Å². The van der Waals surface area contributed by atoms with Gasteiger partial charge >= 0.3 is 0 Å². The Bertz CT molecular complexity index is 455. The summed E-state index contributed by atoms with van der Waals surface area (Å²) in [4.78, 5) is 11.8. The van der Waals surface area contributed by atoms with Gasteiger partial charge in [0.25, 0.3) is 0 Å². The summed E-state index contributed by atoms with van der Waals surface area (Å²) in [6.45, 7) is 0.629. The van der Waals surface area contributed by atoms with Crippen LogP contribution in [0.15, 0.2) is 24.3 Å². The van der Waals surface area contributed by atoms with Crippen LogP contribution in [0, 0.1) is 11.7 Å². The first kappa shape index (κ1) is 15.3. The van der Waals surface area contributed by atoms with Gasteiger partial charge in [-0.2, -0.15) is 11.8 Å². The van der Waals surface area contributed by atoms with Crippen LogP contribution >= 0.6 is 11.8 Å². The van der Waals surface area contributed by atoms with Crippen molar-refractivity contribution in [1.82, 2.24) is 5.32 Å². The van der Waals surface area contributed by atoms with Gasteiger partial charge in [-0.25, -0.2) is 4.39 Å². The van der Waals surface area contributed by atoms with Crippen molar-refractivity contribution in [3.8, 4) is 0 Å². The smallest absolute Gasteiger partial charge is 0.223 e. The van der Waals surface area contributed by atoms with Gasteiger partial charge in [0, 0.05) is 30.0 Å². The number of rotatable bonds is 6. The summed E-state index contributed by atoms with van der Waals surface area (Å²) in [6, 6.07) is 6.98. The van der Waals surface area contributed by atoms with Crippen LogP contribution in [0.5, 0.6) is 0 Å². The first-order valence-corrected chi connectivity index (χ1v) is 8.16. The van der Waals surface area contributed by atoms with Crippen LogP contribution < -0.4 is 11.1 Å². The number of carbonyl (C=O) groups excluding carboxylic acids is 1. The van der Waals surface area contributed by atoms with Crippen LogP contribution in [0.2, 0.25) is 0 Å². The molecule has 1 aliphatic rings. The SMILES string of the molecule is NC1CCC(C(=O)NCCSCc2ccccc2F)C1. The van der Waals surface area contributed by atoms with Gasteiger partial charge in [-0.15, -0.1) is 0 Å². The van der Waals surface area contributed by atoms with Crippen molar-refractivity contribution >= 4 is 17.7 Å². The predicted octanol–water partition coefficient (Wildman–Crippen LogP) is 2.30. The lowest BCUT2D eigenvalue weighted by atomic mass is 10.1. The number of nitrogens with two attached hydrogens (primary N) is 1. The molecule has 0 bridgehead atoms. The Morgan fingerprint density at radius 1 is 1.40 bits per heavy atom. The van der Waals surface area contributed by atoms with E-state index in [9.17, 15) is 9.18 Å². The van der Waals surface area contributed by atoms with E-state index in [1.165, 1.54) is 6.07 Å². The number of thioether (sulfide) groups is 1. The number of hydrogen-bond donors (Lipinski definition) is 2. The molecule has 0 radical (unpaired) electrons. The number of amides is 1. The van der Waals surface area contributed by atoms with E-state index in [4.69, 9.17) is 5.73 Å². The molecule has 0 aliphatic heterocycles. The van der Waals surface area contributed by atoms with Crippen molar-refractivity contribution in [2.45, 2.75) is 31.1 Å². The molecule has 5 heteroatoms. The Kier molecular flexibility index (Phi) is 5.86. The fourth-order valence-corrected chi connectivity index (χ4v) is 3.29. The lowest BCUT2D eigenvalue weighted by molar-refractivity contribution is -0.124. The number of benzene rings is 1. The molecule has 0 aromatic heterocycles. The molecule has 1 saturated carbocycles. The van der Waals surface area contributed by atoms with Crippen LogP contribution in [0.1, 0.15) is 24.8 Å². The minimum atomic E-state index is -0.163. The van der Waals surface area contributed by atoms with Gasteiger partial charge < -0.3 is 11.1 Å². The van der Waals surface area contributed by atoms with Gasteiger partial charge in [0.1, 0.15) is 5.82 Å². The molecule has 20 heavy (non-hydrogen) atoms. The van der Waals surface area contributed by atoms with E-state index in [1.807, 2.05) is 6.07 Å². The molecule has 1 aliphatic carbocycles. The minimum absolute atomic E-state index is 0.0848. The molecule has 1 aromatic carbocycles. The molecule has 2 rings (SSSR count). The fourth-order valence-electron chi connectivity index (χ4n) is 2.44. The topological polar surface area (TPSA) is 55.1 Å². The van der Waals surface area contributed by atoms with Crippen molar-refractivity contribution in [3.63, 3.8) is 0 Å². The fraction of sp³-hybridized carbons (Fsp3) is 0.533. The second kappa shape index (κ2) is 7.64. The molecule has 1 aromatic rings. The molecule has 3 N–H and O–H groups in total. The Hall–Kier alpha value is -1.07. The molecular weight excluding hydrogens is 275 g/mol. The highest BCUT2D eigenvalue weighted by molar-refractivity contribution is 7.98. The Morgan fingerprint density at radius 3 is 2.90 bits per heavy atom. The van der Waals surface area contributed by atoms with Crippen molar-refractivity contribution in [1.29, 1.82) is 0 Å². The molecule has 0 heterocycles. The third-order valence-electron chi connectivity index (χ3n) is 3.61. The summed E-state index contributed by atoms with van der Waals surface area (Å²) >= 11 is 1.63. The summed E-state index contributed by atoms with van der Waals surface area (Å²) in [7, 11) is 0. The highest BCUT2D eigenvalue weighted by Gasteiger charge is 2.27. The van der Waals surface area contributed by atoms with E-state index in [-0.39, 0.29) is 23.7 Å². The Morgan fingerprint density at radius 2 is 2.20 bits per heavy atom. The van der Waals surface area contributed by atoms with Gasteiger partial charge in [-0.1, -0.05) is 18.2 Å². The summed E-state index contributed by atoms with van der Waals surface area (Å²) < 4.78 is 13.4. The zero-order chi connectivity index (χ0) is 14.4. The van der Waals surface area contributed by atoms with E-state index in [1.54, 1.807) is 23.9 Å². The molecule has 0 spiro atoms. The van der Waals surface area contributed by atoms with Crippen molar-refractivity contribution in [2.75, 3.05) is 12.3 Å². The summed E-state index contributed by atoms with van der Waals surface area (Å²) in [5, 5.41) is 2.94. The van der Waals surface area contributed by atoms with Gasteiger partial charge in [-0.3, -0.25) is 4.79 Å². The molecular formula is C15H21FN2OS. The molecule has 2 atom stereocenters. The maximum atomic E-state index is 13.4. The van der Waals surface area contributed by atoms with Crippen LogP contribution in [0.25, 0.3) is 0 Å². The van der Waals surface area contributed by atoms with E-state index >= 15 is 0 Å². The standard InChI is InChI=1S/C15H21FN2OS/c16-14-4-2-1-3-12(14)10-20-8-7-18-15(19)11-5-6-13(17)9-11/h1-4,11,13H,5-10,17H2,(H,18,19). The second-order valence-electron chi connectivity index (χ2n) is 5.21. The zero-order valence-electron chi connectivity index (χ0n) is 11.5. The second-order valence-corrected chi connectivity index (χ2v) is 6.31. The molecule has 1 fully saturated rings. The van der Waals surface area contributed by atoms with Gasteiger partial charge in [0.15, 0.2) is 0 Å². The van der Waals surface area contributed by atoms with Crippen LogP contribution in [0.3, 0.4) is 0 Å². The Labute approximate surface area is 123 Å². The number of nitrogens with one attached hydrogen (secondary N) is 1. The third-order valence-corrected chi connectivity index (χ3v) is 4.61. The van der Waals surface area contributed by atoms with E-state index < -0.39 is 0 Å². The largest absolute Gasteiger partial charge is 0.355 e. The van der Waals surface area contributed by atoms with E-state index in [0.29, 0.717) is 17.9 Å². The van der Waals surface area contributed by atoms with Crippen molar-refractivity contribution in [3.05, 3.63) is 35.6 Å². The first-order valence-electron chi connectivity index (χ1n) is 7.01. The number of halogens is 1. The zero-order valence-corrected chi connectivity index (χ0v) is 12.3. The van der Waals surface area contributed by atoms with Crippen molar-refractivity contribution in [2.24, 2.45) is 11.7 Å². The van der Waals surface area contributed by atoms with Gasteiger partial charge in [0.2, 0.25) is 5.91 Å². The summed E-state index contributed by atoms with van der Waals surface area (Å²) in [6.07, 6.45) is 2.64. The third kappa shape index (κ3) is 4.49. The molecule has 0 saturated heterocycles. The first-order chi connectivity index (χ1) is 9.66. The maximum absolute atomic E-state index is 13.4. The lowest BCUT2D eigenvalue weighted by Gasteiger charge is -2.10. The molecule has 110 valence electrons. The van der Waals surface area contributed by atoms with Crippen LogP contribution in [-0.4, -0.2) is 24.2 Å². The quantitative estimate of drug-likeness (QED) is 0.792. The normalized spacial score (nSPS) is 21.9. The Balaban J connectivity index is 1.60. The highest BCUT2D eigenvalue weighted by Crippen LogP contribution is 2.24. The highest BCUT2D eigenvalue weighted by atomic mass is 32.2. The van der Waals surface area contributed by atoms with Crippen LogP contribution in [-0.2, 0) is 10.5 Å². The maximum Gasteiger partial charge on any atom is 0.223 e. The van der Waals surface area contributed by atoms with Gasteiger partial charge in [0.05, 0.1) is 0 Å².